The maximum absolute atomic E-state index is 10.3. The molecule has 1 aromatic rings. The molecule has 0 aliphatic rings. The summed E-state index contributed by atoms with van der Waals surface area (Å²) in [6.07, 6.45) is -1.19. The van der Waals surface area contributed by atoms with E-state index in [2.05, 4.69) is 26.4 Å². The average molecular weight is 308 g/mol. The number of hydrogen-bond donors (Lipinski definition) is 3. The lowest BCUT2D eigenvalue weighted by Gasteiger charge is -2.05. The van der Waals surface area contributed by atoms with E-state index >= 15 is 0 Å². The summed E-state index contributed by atoms with van der Waals surface area (Å²) in [6, 6.07) is 4.92. The molecule has 1 aromatic carbocycles. The minimum atomic E-state index is -1.19. The maximum Gasteiger partial charge on any atom is 0.404 e. The lowest BCUT2D eigenvalue weighted by molar-refractivity contribution is 0.196. The molecule has 0 saturated heterocycles. The molecule has 0 heterocycles. The van der Waals surface area contributed by atoms with Gasteiger partial charge in [-0.25, -0.2) is 4.79 Å². The highest BCUT2D eigenvalue weighted by atomic mass is 79.9. The molecule has 0 spiro atoms. The molecule has 0 aromatic heterocycles. The van der Waals surface area contributed by atoms with Gasteiger partial charge in [-0.15, -0.1) is 0 Å². The van der Waals surface area contributed by atoms with Crippen LogP contribution in [0.2, 0.25) is 5.02 Å². The summed E-state index contributed by atoms with van der Waals surface area (Å²) >= 11 is 9.08. The van der Waals surface area contributed by atoms with E-state index in [4.69, 9.17) is 21.9 Å². The predicted octanol–water partition coefficient (Wildman–Crippen LogP) is 2.55. The summed E-state index contributed by atoms with van der Waals surface area (Å²) < 4.78 is 0.710. The van der Waals surface area contributed by atoms with Crippen molar-refractivity contribution >= 4 is 39.3 Å². The van der Waals surface area contributed by atoms with Crippen molar-refractivity contribution < 1.29 is 15.1 Å². The molecule has 0 aliphatic heterocycles. The zero-order valence-electron chi connectivity index (χ0n) is 7.94. The fraction of sp³-hybridized carbons (Fsp3) is 0.111. The van der Waals surface area contributed by atoms with Crippen LogP contribution in [0.1, 0.15) is 5.56 Å². The van der Waals surface area contributed by atoms with Gasteiger partial charge in [0.15, 0.2) is 0 Å². The summed E-state index contributed by atoms with van der Waals surface area (Å²) in [6.45, 7) is -0.0935. The standard InChI is InChI=1S/C9H8BrClN2O3/c10-6-2-1-5(3-7(6)11)8(13-16)4-12-9(14)15/h1-3,12,16H,4H2,(H,14,15). The first-order chi connectivity index (χ1) is 7.54. The Balaban J connectivity index is 2.88. The molecule has 5 nitrogen and oxygen atoms in total. The van der Waals surface area contributed by atoms with Crippen LogP contribution in [0.5, 0.6) is 0 Å². The molecule has 0 bridgehead atoms. The lowest BCUT2D eigenvalue weighted by atomic mass is 10.1. The molecule has 3 N–H and O–H groups in total. The van der Waals surface area contributed by atoms with Crippen molar-refractivity contribution in [3.63, 3.8) is 0 Å². The third kappa shape index (κ3) is 3.39. The van der Waals surface area contributed by atoms with Crippen LogP contribution in [0.4, 0.5) is 4.79 Å². The quantitative estimate of drug-likeness (QED) is 0.456. The molecule has 16 heavy (non-hydrogen) atoms. The Morgan fingerprint density at radius 1 is 1.56 bits per heavy atom. The number of nitrogens with one attached hydrogen (secondary N) is 1. The maximum atomic E-state index is 10.3. The summed E-state index contributed by atoms with van der Waals surface area (Å²) in [7, 11) is 0. The molecule has 86 valence electrons. The third-order valence-corrected chi connectivity index (χ3v) is 3.01. The minimum Gasteiger partial charge on any atom is -0.465 e. The molecule has 0 aliphatic carbocycles. The molecule has 0 radical (unpaired) electrons. The number of carbonyl (C=O) groups is 1. The Labute approximate surface area is 105 Å². The van der Waals surface area contributed by atoms with Crippen molar-refractivity contribution in [3.8, 4) is 0 Å². The molecule has 0 fully saturated rings. The van der Waals surface area contributed by atoms with Crippen LogP contribution in [0.25, 0.3) is 0 Å². The zero-order chi connectivity index (χ0) is 12.1. The molecule has 7 heteroatoms. The van der Waals surface area contributed by atoms with Crippen LogP contribution in [-0.4, -0.2) is 28.7 Å². The first-order valence-electron chi connectivity index (χ1n) is 4.17. The number of nitrogens with zero attached hydrogens (tertiary/aromatic N) is 1. The van der Waals surface area contributed by atoms with Gasteiger partial charge in [0.1, 0.15) is 5.71 Å². The molecular weight excluding hydrogens is 299 g/mol. The first-order valence-corrected chi connectivity index (χ1v) is 5.35. The van der Waals surface area contributed by atoms with Gasteiger partial charge in [0.25, 0.3) is 0 Å². The van der Waals surface area contributed by atoms with E-state index in [1.807, 2.05) is 0 Å². The van der Waals surface area contributed by atoms with Crippen LogP contribution in [0, 0.1) is 0 Å². The molecule has 0 unspecified atom stereocenters. The number of amides is 1. The average Bonchev–Trinajstić information content (AvgIpc) is 2.23. The van der Waals surface area contributed by atoms with Crippen molar-refractivity contribution in [2.75, 3.05) is 6.54 Å². The van der Waals surface area contributed by atoms with Crippen molar-refractivity contribution in [2.24, 2.45) is 5.16 Å². The van der Waals surface area contributed by atoms with E-state index in [1.54, 1.807) is 18.2 Å². The fourth-order valence-electron chi connectivity index (χ4n) is 1.03. The van der Waals surface area contributed by atoms with E-state index in [0.29, 0.717) is 15.1 Å². The van der Waals surface area contributed by atoms with Crippen LogP contribution in [0.3, 0.4) is 0 Å². The predicted molar refractivity (Wildman–Crippen MR) is 63.5 cm³/mol. The summed E-state index contributed by atoms with van der Waals surface area (Å²) in [5.74, 6) is 0. The van der Waals surface area contributed by atoms with Crippen LogP contribution < -0.4 is 5.32 Å². The second-order valence-corrected chi connectivity index (χ2v) is 4.10. The van der Waals surface area contributed by atoms with Crippen LogP contribution in [-0.2, 0) is 0 Å². The smallest absolute Gasteiger partial charge is 0.404 e. The lowest BCUT2D eigenvalue weighted by Crippen LogP contribution is -2.28. The highest BCUT2D eigenvalue weighted by Gasteiger charge is 2.08. The SMILES string of the molecule is O=C(O)NCC(=NO)c1ccc(Br)c(Cl)c1. The Hall–Kier alpha value is -1.27. The van der Waals surface area contributed by atoms with Crippen LogP contribution >= 0.6 is 27.5 Å². The monoisotopic (exact) mass is 306 g/mol. The van der Waals surface area contributed by atoms with E-state index in [1.165, 1.54) is 0 Å². The number of carboxylic acid groups (broad SMARTS) is 1. The molecule has 1 amide bonds. The van der Waals surface area contributed by atoms with Crippen molar-refractivity contribution in [1.29, 1.82) is 0 Å². The van der Waals surface area contributed by atoms with Gasteiger partial charge in [0, 0.05) is 10.0 Å². The van der Waals surface area contributed by atoms with Gasteiger partial charge < -0.3 is 15.6 Å². The van der Waals surface area contributed by atoms with Gasteiger partial charge in [-0.3, -0.25) is 0 Å². The highest BCUT2D eigenvalue weighted by molar-refractivity contribution is 9.10. The van der Waals surface area contributed by atoms with Gasteiger partial charge >= 0.3 is 6.09 Å². The van der Waals surface area contributed by atoms with Crippen molar-refractivity contribution in [2.45, 2.75) is 0 Å². The van der Waals surface area contributed by atoms with Gasteiger partial charge in [0.05, 0.1) is 11.6 Å². The molecular formula is C9H8BrClN2O3. The van der Waals surface area contributed by atoms with E-state index in [-0.39, 0.29) is 12.3 Å². The third-order valence-electron chi connectivity index (χ3n) is 1.78. The molecule has 1 rings (SSSR count). The van der Waals surface area contributed by atoms with E-state index in [9.17, 15) is 4.79 Å². The Morgan fingerprint density at radius 3 is 2.75 bits per heavy atom. The van der Waals surface area contributed by atoms with Crippen molar-refractivity contribution in [3.05, 3.63) is 33.3 Å². The Bertz CT molecular complexity index is 437. The van der Waals surface area contributed by atoms with Crippen LogP contribution in [0.15, 0.2) is 27.8 Å². The topological polar surface area (TPSA) is 81.9 Å². The summed E-state index contributed by atoms with van der Waals surface area (Å²) in [5, 5.41) is 22.7. The number of halogens is 2. The number of benzene rings is 1. The number of hydrogen-bond acceptors (Lipinski definition) is 3. The van der Waals surface area contributed by atoms with Crippen molar-refractivity contribution in [1.82, 2.24) is 5.32 Å². The van der Waals surface area contributed by atoms with Gasteiger partial charge in [-0.1, -0.05) is 22.8 Å². The summed E-state index contributed by atoms with van der Waals surface area (Å²) in [5.41, 5.74) is 0.737. The normalized spacial score (nSPS) is 11.2. The Kier molecular flexibility index (Phi) is 4.57. The second kappa shape index (κ2) is 5.72. The second-order valence-electron chi connectivity index (χ2n) is 2.83. The number of oxime groups is 1. The summed E-state index contributed by atoms with van der Waals surface area (Å²) in [4.78, 5) is 10.3. The molecule has 0 atom stereocenters. The largest absolute Gasteiger partial charge is 0.465 e. The molecule has 0 saturated carbocycles. The number of rotatable bonds is 3. The first kappa shape index (κ1) is 12.8. The minimum absolute atomic E-state index is 0.0935. The fourth-order valence-corrected chi connectivity index (χ4v) is 1.46. The Morgan fingerprint density at radius 2 is 2.25 bits per heavy atom. The van der Waals surface area contributed by atoms with E-state index < -0.39 is 6.09 Å². The highest BCUT2D eigenvalue weighted by Crippen LogP contribution is 2.23. The van der Waals surface area contributed by atoms with E-state index in [0.717, 1.165) is 0 Å². The van der Waals surface area contributed by atoms with Gasteiger partial charge in [-0.05, 0) is 28.1 Å². The van der Waals surface area contributed by atoms with Gasteiger partial charge in [0.2, 0.25) is 0 Å². The van der Waals surface area contributed by atoms with Gasteiger partial charge in [-0.2, -0.15) is 0 Å². The zero-order valence-corrected chi connectivity index (χ0v) is 10.3.